The number of nitrogens with one attached hydrogen (secondary N) is 1. The van der Waals surface area contributed by atoms with E-state index in [2.05, 4.69) is 4.98 Å². The van der Waals surface area contributed by atoms with E-state index in [1.54, 1.807) is 6.92 Å². The zero-order valence-corrected chi connectivity index (χ0v) is 17.9. The number of H-pyrrole nitrogens is 1. The number of carbonyl (C=O) groups is 1. The number of nitrogens with zero attached hydrogens (tertiary/aromatic N) is 2. The summed E-state index contributed by atoms with van der Waals surface area (Å²) in [4.78, 5) is 41.6. The van der Waals surface area contributed by atoms with Crippen LogP contribution < -0.4 is 21.9 Å². The summed E-state index contributed by atoms with van der Waals surface area (Å²) in [5.74, 6) is -0.214. The Morgan fingerprint density at radius 3 is 2.69 bits per heavy atom. The molecule has 1 amide bonds. The second kappa shape index (κ2) is 10.6. The minimum atomic E-state index is -0.764. The van der Waals surface area contributed by atoms with E-state index in [4.69, 9.17) is 15.2 Å². The fraction of sp³-hybridized carbons (Fsp3) is 0.750. The number of amides is 1. The zero-order chi connectivity index (χ0) is 21.6. The number of hydrogen-bond donors (Lipinski definition) is 2. The van der Waals surface area contributed by atoms with Gasteiger partial charge in [0, 0.05) is 19.7 Å². The number of unbranched alkanes of at least 4 members (excludes halogenated alkanes) is 1. The van der Waals surface area contributed by atoms with Crippen molar-refractivity contribution in [1.82, 2.24) is 9.55 Å². The minimum Gasteiger partial charge on any atom is -0.383 e. The number of hydrogen-bond acceptors (Lipinski definition) is 6. The van der Waals surface area contributed by atoms with E-state index in [-0.39, 0.29) is 29.4 Å². The third-order valence-electron chi connectivity index (χ3n) is 4.94. The molecule has 1 saturated heterocycles. The highest BCUT2D eigenvalue weighted by Crippen LogP contribution is 2.20. The number of nitrogen functional groups attached to an aromatic ring is 1. The average molecular weight is 411 g/mol. The van der Waals surface area contributed by atoms with E-state index < -0.39 is 17.4 Å². The number of nitrogens with two attached hydrogens (primary N) is 1. The smallest absolute Gasteiger partial charge is 0.330 e. The number of aromatic nitrogens is 2. The summed E-state index contributed by atoms with van der Waals surface area (Å²) in [7, 11) is 0. The van der Waals surface area contributed by atoms with Crippen molar-refractivity contribution >= 4 is 17.4 Å². The van der Waals surface area contributed by atoms with Crippen molar-refractivity contribution in [3.8, 4) is 0 Å². The Kier molecular flexibility index (Phi) is 8.45. The summed E-state index contributed by atoms with van der Waals surface area (Å²) in [6, 6.07) is 0. The molecule has 2 rings (SSSR count). The van der Waals surface area contributed by atoms with Crippen LogP contribution in [0.25, 0.3) is 0 Å². The molecule has 1 aromatic heterocycles. The van der Waals surface area contributed by atoms with Gasteiger partial charge in [-0.15, -0.1) is 0 Å². The van der Waals surface area contributed by atoms with Gasteiger partial charge >= 0.3 is 5.69 Å². The van der Waals surface area contributed by atoms with Crippen LogP contribution >= 0.6 is 0 Å². The summed E-state index contributed by atoms with van der Waals surface area (Å²) < 4.78 is 12.6. The lowest BCUT2D eigenvalue weighted by molar-refractivity contribution is -0.131. The number of anilines is 2. The molecule has 0 bridgehead atoms. The van der Waals surface area contributed by atoms with E-state index in [1.807, 2.05) is 20.8 Å². The minimum absolute atomic E-state index is 0.00299. The van der Waals surface area contributed by atoms with Crippen LogP contribution in [0.1, 0.15) is 53.4 Å². The molecule has 1 aromatic rings. The molecule has 1 aliphatic heterocycles. The summed E-state index contributed by atoms with van der Waals surface area (Å²) in [6.45, 7) is 9.23. The van der Waals surface area contributed by atoms with Crippen LogP contribution in [-0.4, -0.2) is 47.4 Å². The van der Waals surface area contributed by atoms with E-state index in [0.717, 1.165) is 19.3 Å². The lowest BCUT2D eigenvalue weighted by atomic mass is 10.2. The molecule has 0 radical (unpaired) electrons. The molecule has 1 aliphatic rings. The fourth-order valence-corrected chi connectivity index (χ4v) is 3.35. The van der Waals surface area contributed by atoms with E-state index >= 15 is 0 Å². The highest BCUT2D eigenvalue weighted by atomic mass is 16.5. The van der Waals surface area contributed by atoms with Gasteiger partial charge in [0.15, 0.2) is 5.69 Å². The van der Waals surface area contributed by atoms with Gasteiger partial charge in [-0.1, -0.05) is 27.2 Å². The molecule has 29 heavy (non-hydrogen) atoms. The van der Waals surface area contributed by atoms with Crippen molar-refractivity contribution in [2.24, 2.45) is 5.92 Å². The van der Waals surface area contributed by atoms with Crippen LogP contribution in [-0.2, 0) is 20.8 Å². The molecule has 9 nitrogen and oxygen atoms in total. The highest BCUT2D eigenvalue weighted by molar-refractivity contribution is 5.98. The highest BCUT2D eigenvalue weighted by Gasteiger charge is 2.29. The van der Waals surface area contributed by atoms with Crippen LogP contribution in [0, 0.1) is 5.92 Å². The summed E-state index contributed by atoms with van der Waals surface area (Å²) >= 11 is 0. The average Bonchev–Trinajstić information content (AvgIpc) is 3.18. The molecule has 164 valence electrons. The first-order chi connectivity index (χ1) is 13.8. The van der Waals surface area contributed by atoms with Gasteiger partial charge in [-0.3, -0.25) is 19.1 Å². The molecule has 1 fully saturated rings. The quantitative estimate of drug-likeness (QED) is 0.603. The maximum absolute atomic E-state index is 13.1. The summed E-state index contributed by atoms with van der Waals surface area (Å²) in [5.41, 5.74) is 4.98. The molecule has 3 N–H and O–H groups in total. The second-order valence-corrected chi connectivity index (χ2v) is 7.95. The van der Waals surface area contributed by atoms with Crippen molar-refractivity contribution in [2.45, 2.75) is 72.1 Å². The molecule has 0 spiro atoms. The maximum Gasteiger partial charge on any atom is 0.330 e. The molecular formula is C20H34N4O5. The number of aromatic amines is 1. The standard InChI is InChI=1S/C20H34N4O5/c1-5-6-9-23(19(26)14(4)29-12-15-8-7-10-28-15)16-17(21)24(11-13(2)3)20(27)22-18(16)25/h13-15H,5-12,21H2,1-4H3,(H,22,25,27). The fourth-order valence-electron chi connectivity index (χ4n) is 3.35. The molecule has 2 unspecified atom stereocenters. The van der Waals surface area contributed by atoms with Crippen molar-refractivity contribution in [1.29, 1.82) is 0 Å². The number of carbonyl (C=O) groups excluding carboxylic acids is 1. The molecule has 0 aromatic carbocycles. The van der Waals surface area contributed by atoms with Gasteiger partial charge in [0.25, 0.3) is 11.5 Å². The Bertz CT molecular complexity index is 795. The van der Waals surface area contributed by atoms with Crippen LogP contribution in [0.4, 0.5) is 11.5 Å². The number of ether oxygens (including phenoxy) is 2. The lowest BCUT2D eigenvalue weighted by Gasteiger charge is -2.27. The second-order valence-electron chi connectivity index (χ2n) is 7.95. The predicted molar refractivity (Wildman–Crippen MR) is 112 cm³/mol. The third-order valence-corrected chi connectivity index (χ3v) is 4.94. The van der Waals surface area contributed by atoms with E-state index in [1.165, 1.54) is 9.47 Å². The Morgan fingerprint density at radius 2 is 2.10 bits per heavy atom. The molecule has 2 heterocycles. The first-order valence-electron chi connectivity index (χ1n) is 10.4. The topological polar surface area (TPSA) is 120 Å². The molecule has 9 heteroatoms. The van der Waals surface area contributed by atoms with Crippen molar-refractivity contribution in [3.05, 3.63) is 20.8 Å². The maximum atomic E-state index is 13.1. The summed E-state index contributed by atoms with van der Waals surface area (Å²) in [6.07, 6.45) is 2.65. The van der Waals surface area contributed by atoms with Gasteiger partial charge in [-0.05, 0) is 32.1 Å². The summed E-state index contributed by atoms with van der Waals surface area (Å²) in [5, 5.41) is 0. The van der Waals surface area contributed by atoms with Gasteiger partial charge < -0.3 is 20.1 Å². The van der Waals surface area contributed by atoms with Crippen molar-refractivity contribution in [2.75, 3.05) is 30.4 Å². The Balaban J connectivity index is 2.31. The van der Waals surface area contributed by atoms with Gasteiger partial charge in [-0.25, -0.2) is 4.79 Å². The van der Waals surface area contributed by atoms with Crippen LogP contribution in [0.15, 0.2) is 9.59 Å². The first kappa shape index (κ1) is 23.2. The van der Waals surface area contributed by atoms with Gasteiger partial charge in [0.1, 0.15) is 11.9 Å². The van der Waals surface area contributed by atoms with Gasteiger partial charge in [0.2, 0.25) is 0 Å². The molecule has 0 saturated carbocycles. The van der Waals surface area contributed by atoms with Gasteiger partial charge in [0.05, 0.1) is 12.7 Å². The Hall–Kier alpha value is -2.13. The first-order valence-corrected chi connectivity index (χ1v) is 10.4. The van der Waals surface area contributed by atoms with Gasteiger partial charge in [-0.2, -0.15) is 0 Å². The normalized spacial score (nSPS) is 17.6. The van der Waals surface area contributed by atoms with Crippen molar-refractivity contribution < 1.29 is 14.3 Å². The molecular weight excluding hydrogens is 376 g/mol. The van der Waals surface area contributed by atoms with E-state index in [0.29, 0.717) is 32.7 Å². The van der Waals surface area contributed by atoms with E-state index in [9.17, 15) is 14.4 Å². The largest absolute Gasteiger partial charge is 0.383 e. The van der Waals surface area contributed by atoms with Crippen LogP contribution in [0.2, 0.25) is 0 Å². The molecule has 0 aliphatic carbocycles. The third kappa shape index (κ3) is 5.93. The monoisotopic (exact) mass is 410 g/mol. The number of rotatable bonds is 10. The van der Waals surface area contributed by atoms with Crippen LogP contribution in [0.5, 0.6) is 0 Å². The predicted octanol–water partition coefficient (Wildman–Crippen LogP) is 1.49. The van der Waals surface area contributed by atoms with Crippen molar-refractivity contribution in [3.63, 3.8) is 0 Å². The molecule has 2 atom stereocenters. The Labute approximate surface area is 171 Å². The van der Waals surface area contributed by atoms with Crippen LogP contribution in [0.3, 0.4) is 0 Å². The SMILES string of the molecule is CCCCN(C(=O)C(C)OCC1CCCO1)c1c(N)n(CC(C)C)c(=O)[nH]c1=O. The lowest BCUT2D eigenvalue weighted by Crippen LogP contribution is -2.46. The zero-order valence-electron chi connectivity index (χ0n) is 17.9. The Morgan fingerprint density at radius 1 is 1.38 bits per heavy atom.